The Morgan fingerprint density at radius 1 is 1.38 bits per heavy atom. The Kier molecular flexibility index (Phi) is 7.08. The first-order chi connectivity index (χ1) is 9.89. The quantitative estimate of drug-likeness (QED) is 0.686. The molecule has 0 spiro atoms. The van der Waals surface area contributed by atoms with Gasteiger partial charge in [0.25, 0.3) is 0 Å². The van der Waals surface area contributed by atoms with Crippen molar-refractivity contribution in [2.75, 3.05) is 38.3 Å². The Morgan fingerprint density at radius 2 is 2.10 bits per heavy atom. The first-order valence-corrected chi connectivity index (χ1v) is 7.33. The van der Waals surface area contributed by atoms with Crippen molar-refractivity contribution in [1.82, 2.24) is 5.32 Å². The molecule has 0 saturated carbocycles. The van der Waals surface area contributed by atoms with Crippen molar-refractivity contribution >= 4 is 5.69 Å². The van der Waals surface area contributed by atoms with Crippen molar-refractivity contribution in [3.63, 3.8) is 0 Å². The summed E-state index contributed by atoms with van der Waals surface area (Å²) in [6.45, 7) is 8.33. The molecule has 2 N–H and O–H groups in total. The van der Waals surface area contributed by atoms with Gasteiger partial charge in [0.2, 0.25) is 0 Å². The molecule has 5 heteroatoms. The first kappa shape index (κ1) is 17.9. The van der Waals surface area contributed by atoms with Crippen LogP contribution in [0.5, 0.6) is 0 Å². The standard InChI is InChI=1S/C16H27FN2O2/c1-5-19(12-16(2,3)20)15-13(7-6-8-14(15)17)11-18-9-10-21-4/h6-8,18,20H,5,9-12H2,1-4H3. The molecule has 0 amide bonds. The van der Waals surface area contributed by atoms with Gasteiger partial charge in [0.05, 0.1) is 17.9 Å². The van der Waals surface area contributed by atoms with Crippen molar-refractivity contribution in [3.05, 3.63) is 29.6 Å². The molecule has 1 aromatic rings. The Labute approximate surface area is 126 Å². The van der Waals surface area contributed by atoms with E-state index in [1.807, 2.05) is 17.9 Å². The Bertz CT molecular complexity index is 433. The van der Waals surface area contributed by atoms with Crippen LogP contribution in [0.15, 0.2) is 18.2 Å². The molecule has 0 aliphatic heterocycles. The van der Waals surface area contributed by atoms with E-state index in [-0.39, 0.29) is 5.82 Å². The van der Waals surface area contributed by atoms with Gasteiger partial charge in [-0.15, -0.1) is 0 Å². The number of para-hydroxylation sites is 1. The molecule has 1 aromatic carbocycles. The summed E-state index contributed by atoms with van der Waals surface area (Å²) < 4.78 is 19.3. The molecular weight excluding hydrogens is 271 g/mol. The van der Waals surface area contributed by atoms with E-state index in [4.69, 9.17) is 4.74 Å². The molecule has 1 rings (SSSR count). The maximum atomic E-state index is 14.3. The highest BCUT2D eigenvalue weighted by molar-refractivity contribution is 5.55. The molecule has 0 heterocycles. The second-order valence-electron chi connectivity index (χ2n) is 5.74. The number of benzene rings is 1. The van der Waals surface area contributed by atoms with E-state index in [1.165, 1.54) is 6.07 Å². The van der Waals surface area contributed by atoms with Gasteiger partial charge < -0.3 is 20.1 Å². The molecule has 21 heavy (non-hydrogen) atoms. The highest BCUT2D eigenvalue weighted by Gasteiger charge is 2.21. The fourth-order valence-corrected chi connectivity index (χ4v) is 2.27. The van der Waals surface area contributed by atoms with E-state index in [1.54, 1.807) is 27.0 Å². The van der Waals surface area contributed by atoms with E-state index in [2.05, 4.69) is 5.32 Å². The zero-order valence-corrected chi connectivity index (χ0v) is 13.4. The van der Waals surface area contributed by atoms with Crippen LogP contribution in [0.25, 0.3) is 0 Å². The lowest BCUT2D eigenvalue weighted by molar-refractivity contribution is 0.0874. The van der Waals surface area contributed by atoms with Crippen LogP contribution >= 0.6 is 0 Å². The topological polar surface area (TPSA) is 44.7 Å². The largest absolute Gasteiger partial charge is 0.389 e. The van der Waals surface area contributed by atoms with Crippen molar-refractivity contribution in [3.8, 4) is 0 Å². The third-order valence-corrected chi connectivity index (χ3v) is 3.14. The Morgan fingerprint density at radius 3 is 2.67 bits per heavy atom. The maximum Gasteiger partial charge on any atom is 0.146 e. The molecule has 0 radical (unpaired) electrons. The average molecular weight is 298 g/mol. The minimum Gasteiger partial charge on any atom is -0.389 e. The molecule has 0 aromatic heterocycles. The molecular formula is C16H27FN2O2. The number of ether oxygens (including phenoxy) is 1. The minimum atomic E-state index is -0.876. The van der Waals surface area contributed by atoms with E-state index < -0.39 is 5.60 Å². The second kappa shape index (κ2) is 8.32. The number of anilines is 1. The molecule has 0 unspecified atom stereocenters. The summed E-state index contributed by atoms with van der Waals surface area (Å²) in [5.74, 6) is -0.257. The lowest BCUT2D eigenvalue weighted by Crippen LogP contribution is -2.39. The summed E-state index contributed by atoms with van der Waals surface area (Å²) in [7, 11) is 1.65. The van der Waals surface area contributed by atoms with Gasteiger partial charge in [-0.3, -0.25) is 0 Å². The number of likely N-dealkylation sites (N-methyl/N-ethyl adjacent to an activating group) is 1. The van der Waals surface area contributed by atoms with Gasteiger partial charge in [-0.25, -0.2) is 4.39 Å². The lowest BCUT2D eigenvalue weighted by atomic mass is 10.1. The van der Waals surface area contributed by atoms with Crippen molar-refractivity contribution in [2.24, 2.45) is 0 Å². The predicted octanol–water partition coefficient (Wildman–Crippen LogP) is 2.16. The SMILES string of the molecule is CCN(CC(C)(C)O)c1c(F)cccc1CNCCOC. The van der Waals surface area contributed by atoms with Gasteiger partial charge in [-0.1, -0.05) is 12.1 Å². The van der Waals surface area contributed by atoms with Gasteiger partial charge in [0.1, 0.15) is 5.82 Å². The van der Waals surface area contributed by atoms with Crippen LogP contribution in [0.3, 0.4) is 0 Å². The zero-order valence-electron chi connectivity index (χ0n) is 13.4. The second-order valence-corrected chi connectivity index (χ2v) is 5.74. The molecule has 0 aliphatic rings. The minimum absolute atomic E-state index is 0.257. The summed E-state index contributed by atoms with van der Waals surface area (Å²) in [5, 5.41) is 13.2. The van der Waals surface area contributed by atoms with Gasteiger partial charge >= 0.3 is 0 Å². The van der Waals surface area contributed by atoms with E-state index in [9.17, 15) is 9.50 Å². The monoisotopic (exact) mass is 298 g/mol. The number of nitrogens with one attached hydrogen (secondary N) is 1. The number of halogens is 1. The predicted molar refractivity (Wildman–Crippen MR) is 84.2 cm³/mol. The molecule has 4 nitrogen and oxygen atoms in total. The molecule has 0 saturated heterocycles. The van der Waals surface area contributed by atoms with Gasteiger partial charge in [0, 0.05) is 33.3 Å². The third kappa shape index (κ3) is 5.99. The van der Waals surface area contributed by atoms with Gasteiger partial charge in [0.15, 0.2) is 0 Å². The fraction of sp³-hybridized carbons (Fsp3) is 0.625. The Balaban J connectivity index is 2.91. The molecule has 0 aliphatic carbocycles. The smallest absolute Gasteiger partial charge is 0.146 e. The van der Waals surface area contributed by atoms with Crippen LogP contribution in [0.1, 0.15) is 26.3 Å². The summed E-state index contributed by atoms with van der Waals surface area (Å²) in [6.07, 6.45) is 0. The summed E-state index contributed by atoms with van der Waals surface area (Å²) in [6, 6.07) is 5.08. The molecule has 0 atom stereocenters. The molecule has 0 bridgehead atoms. The van der Waals surface area contributed by atoms with E-state index in [0.717, 1.165) is 5.56 Å². The summed E-state index contributed by atoms with van der Waals surface area (Å²) in [5.41, 5.74) is 0.572. The number of rotatable bonds is 9. The summed E-state index contributed by atoms with van der Waals surface area (Å²) in [4.78, 5) is 1.88. The lowest BCUT2D eigenvalue weighted by Gasteiger charge is -2.31. The number of methoxy groups -OCH3 is 1. The number of hydrogen-bond donors (Lipinski definition) is 2. The summed E-state index contributed by atoms with van der Waals surface area (Å²) >= 11 is 0. The number of hydrogen-bond acceptors (Lipinski definition) is 4. The number of aliphatic hydroxyl groups is 1. The highest BCUT2D eigenvalue weighted by Crippen LogP contribution is 2.26. The van der Waals surface area contributed by atoms with Crippen LogP contribution < -0.4 is 10.2 Å². The fourth-order valence-electron chi connectivity index (χ4n) is 2.27. The molecule has 120 valence electrons. The zero-order chi connectivity index (χ0) is 15.9. The van der Waals surface area contributed by atoms with Crippen LogP contribution in [0, 0.1) is 5.82 Å². The van der Waals surface area contributed by atoms with Crippen LogP contribution in [0.2, 0.25) is 0 Å². The maximum absolute atomic E-state index is 14.3. The average Bonchev–Trinajstić information content (AvgIpc) is 2.40. The first-order valence-electron chi connectivity index (χ1n) is 7.33. The number of nitrogens with zero attached hydrogens (tertiary/aromatic N) is 1. The van der Waals surface area contributed by atoms with Crippen molar-refractivity contribution in [2.45, 2.75) is 32.9 Å². The Hall–Kier alpha value is -1.17. The highest BCUT2D eigenvalue weighted by atomic mass is 19.1. The van der Waals surface area contributed by atoms with Crippen LogP contribution in [0.4, 0.5) is 10.1 Å². The van der Waals surface area contributed by atoms with Crippen LogP contribution in [-0.2, 0) is 11.3 Å². The van der Waals surface area contributed by atoms with E-state index >= 15 is 0 Å². The molecule has 0 fully saturated rings. The van der Waals surface area contributed by atoms with Gasteiger partial charge in [-0.2, -0.15) is 0 Å². The van der Waals surface area contributed by atoms with Gasteiger partial charge in [-0.05, 0) is 32.4 Å². The normalized spacial score (nSPS) is 11.7. The van der Waals surface area contributed by atoms with E-state index in [0.29, 0.717) is 38.5 Å². The van der Waals surface area contributed by atoms with Crippen molar-refractivity contribution in [1.29, 1.82) is 0 Å². The third-order valence-electron chi connectivity index (χ3n) is 3.14. The van der Waals surface area contributed by atoms with Crippen molar-refractivity contribution < 1.29 is 14.2 Å². The van der Waals surface area contributed by atoms with Crippen LogP contribution in [-0.4, -0.2) is 44.1 Å².